The lowest BCUT2D eigenvalue weighted by molar-refractivity contribution is -0.343. The van der Waals surface area contributed by atoms with Crippen LogP contribution in [0.3, 0.4) is 0 Å². The Kier molecular flexibility index (Phi) is 4.85. The first-order valence-electron chi connectivity index (χ1n) is 3.67. The van der Waals surface area contributed by atoms with Gasteiger partial charge in [0.15, 0.2) is 0 Å². The molecular formula is C8H15O4. The fourth-order valence-corrected chi connectivity index (χ4v) is 0.396. The van der Waals surface area contributed by atoms with Gasteiger partial charge < -0.3 is 4.74 Å². The fourth-order valence-electron chi connectivity index (χ4n) is 0.396. The summed E-state index contributed by atoms with van der Waals surface area (Å²) in [6.45, 7) is 5.66. The number of rotatable bonds is 4. The average molecular weight is 175 g/mol. The predicted molar refractivity (Wildman–Crippen MR) is 43.1 cm³/mol. The minimum atomic E-state index is -0.424. The molecule has 0 saturated heterocycles. The van der Waals surface area contributed by atoms with Gasteiger partial charge in [-0.25, -0.2) is 9.78 Å². The first-order valence-corrected chi connectivity index (χ1v) is 3.67. The molecule has 0 spiro atoms. The molecule has 1 radical (unpaired) electrons. The lowest BCUT2D eigenvalue weighted by Crippen LogP contribution is -2.20. The molecule has 0 aliphatic carbocycles. The summed E-state index contributed by atoms with van der Waals surface area (Å²) in [4.78, 5) is 20.1. The van der Waals surface area contributed by atoms with E-state index in [1.807, 2.05) is 20.8 Å². The van der Waals surface area contributed by atoms with E-state index in [0.717, 1.165) is 0 Å². The monoisotopic (exact) mass is 175 g/mol. The molecule has 0 rings (SSSR count). The van der Waals surface area contributed by atoms with E-state index in [2.05, 4.69) is 4.74 Å². The van der Waals surface area contributed by atoms with Crippen LogP contribution in [0.4, 0.5) is 0 Å². The maximum absolute atomic E-state index is 10.5. The van der Waals surface area contributed by atoms with Gasteiger partial charge in [-0.3, -0.25) is 4.79 Å². The van der Waals surface area contributed by atoms with Crippen molar-refractivity contribution in [1.82, 2.24) is 0 Å². The summed E-state index contributed by atoms with van der Waals surface area (Å²) in [6, 6.07) is 0. The van der Waals surface area contributed by atoms with Crippen molar-refractivity contribution in [3.05, 3.63) is 6.42 Å². The van der Waals surface area contributed by atoms with E-state index < -0.39 is 5.97 Å². The largest absolute Gasteiger partial charge is 0.469 e. The van der Waals surface area contributed by atoms with Crippen LogP contribution < -0.4 is 0 Å². The maximum atomic E-state index is 10.5. The van der Waals surface area contributed by atoms with E-state index in [1.54, 1.807) is 0 Å². The summed E-state index contributed by atoms with van der Waals surface area (Å²) in [5, 5.41) is 0. The standard InChI is InChI=1S/C8H15O4/c1-8(2,3)12-11-6-5-7(9)10-4/h5H,6H2,1-4H3. The fraction of sp³-hybridized carbons (Fsp3) is 0.750. The van der Waals surface area contributed by atoms with Crippen LogP contribution in [0, 0.1) is 6.42 Å². The van der Waals surface area contributed by atoms with E-state index in [4.69, 9.17) is 9.78 Å². The Hall–Kier alpha value is -0.610. The molecule has 4 heteroatoms. The second-order valence-electron chi connectivity index (χ2n) is 3.21. The van der Waals surface area contributed by atoms with E-state index in [-0.39, 0.29) is 12.2 Å². The molecule has 12 heavy (non-hydrogen) atoms. The van der Waals surface area contributed by atoms with Crippen LogP contribution in [0.1, 0.15) is 20.8 Å². The molecule has 0 atom stereocenters. The molecular weight excluding hydrogens is 160 g/mol. The normalized spacial score (nSPS) is 11.3. The molecule has 0 saturated carbocycles. The highest BCUT2D eigenvalue weighted by molar-refractivity contribution is 5.78. The molecule has 0 aromatic heterocycles. The molecule has 71 valence electrons. The third-order valence-electron chi connectivity index (χ3n) is 0.828. The van der Waals surface area contributed by atoms with Crippen LogP contribution in [0.15, 0.2) is 0 Å². The van der Waals surface area contributed by atoms with Gasteiger partial charge in [0.05, 0.1) is 25.7 Å². The van der Waals surface area contributed by atoms with Gasteiger partial charge in [-0.2, -0.15) is 0 Å². The summed E-state index contributed by atoms with van der Waals surface area (Å²) < 4.78 is 4.35. The molecule has 0 aromatic rings. The van der Waals surface area contributed by atoms with Crippen LogP contribution >= 0.6 is 0 Å². The topological polar surface area (TPSA) is 44.8 Å². The third kappa shape index (κ3) is 7.50. The molecule has 0 unspecified atom stereocenters. The van der Waals surface area contributed by atoms with Gasteiger partial charge in [0.2, 0.25) is 0 Å². The maximum Gasteiger partial charge on any atom is 0.312 e. The van der Waals surface area contributed by atoms with Crippen molar-refractivity contribution in [2.24, 2.45) is 0 Å². The summed E-state index contributed by atoms with van der Waals surface area (Å²) in [7, 11) is 1.31. The molecule has 0 bridgehead atoms. The summed E-state index contributed by atoms with van der Waals surface area (Å²) in [5.74, 6) is -0.424. The number of esters is 1. The van der Waals surface area contributed by atoms with Gasteiger partial charge in [0.1, 0.15) is 0 Å². The minimum Gasteiger partial charge on any atom is -0.469 e. The Morgan fingerprint density at radius 2 is 2.00 bits per heavy atom. The van der Waals surface area contributed by atoms with Crippen molar-refractivity contribution in [2.75, 3.05) is 13.7 Å². The highest BCUT2D eigenvalue weighted by Gasteiger charge is 2.11. The molecule has 0 aliphatic rings. The van der Waals surface area contributed by atoms with Crippen LogP contribution in [-0.4, -0.2) is 25.3 Å². The van der Waals surface area contributed by atoms with Crippen molar-refractivity contribution in [3.63, 3.8) is 0 Å². The van der Waals surface area contributed by atoms with E-state index in [9.17, 15) is 4.79 Å². The van der Waals surface area contributed by atoms with E-state index in [1.165, 1.54) is 13.5 Å². The van der Waals surface area contributed by atoms with Crippen LogP contribution in [0.2, 0.25) is 0 Å². The number of hydrogen-bond donors (Lipinski definition) is 0. The molecule has 4 nitrogen and oxygen atoms in total. The zero-order chi connectivity index (χ0) is 9.61. The Balaban J connectivity index is 3.28. The first kappa shape index (κ1) is 11.4. The lowest BCUT2D eigenvalue weighted by atomic mass is 10.2. The summed E-state index contributed by atoms with van der Waals surface area (Å²) >= 11 is 0. The average Bonchev–Trinajstić information content (AvgIpc) is 1.96. The van der Waals surface area contributed by atoms with Gasteiger partial charge >= 0.3 is 5.97 Å². The van der Waals surface area contributed by atoms with Crippen molar-refractivity contribution in [1.29, 1.82) is 0 Å². The molecule has 0 heterocycles. The highest BCUT2D eigenvalue weighted by Crippen LogP contribution is 2.06. The molecule has 0 fully saturated rings. The van der Waals surface area contributed by atoms with E-state index >= 15 is 0 Å². The van der Waals surface area contributed by atoms with Crippen LogP contribution in [0.25, 0.3) is 0 Å². The van der Waals surface area contributed by atoms with Crippen LogP contribution in [0.5, 0.6) is 0 Å². The zero-order valence-electron chi connectivity index (χ0n) is 7.92. The lowest BCUT2D eigenvalue weighted by Gasteiger charge is -2.16. The number of carbonyl (C=O) groups excluding carboxylic acids is 1. The second kappa shape index (κ2) is 5.11. The van der Waals surface area contributed by atoms with Gasteiger partial charge in [0.25, 0.3) is 0 Å². The van der Waals surface area contributed by atoms with Gasteiger partial charge in [-0.15, -0.1) is 0 Å². The van der Waals surface area contributed by atoms with Crippen LogP contribution in [-0.2, 0) is 19.3 Å². The van der Waals surface area contributed by atoms with Gasteiger partial charge in [0, 0.05) is 0 Å². The van der Waals surface area contributed by atoms with Crippen molar-refractivity contribution in [2.45, 2.75) is 26.4 Å². The van der Waals surface area contributed by atoms with E-state index in [0.29, 0.717) is 0 Å². The predicted octanol–water partition coefficient (Wildman–Crippen LogP) is 1.11. The summed E-state index contributed by atoms with van der Waals surface area (Å²) in [5.41, 5.74) is -0.357. The van der Waals surface area contributed by atoms with Gasteiger partial charge in [-0.05, 0) is 20.8 Å². The number of methoxy groups -OCH3 is 1. The smallest absolute Gasteiger partial charge is 0.312 e. The third-order valence-corrected chi connectivity index (χ3v) is 0.828. The van der Waals surface area contributed by atoms with Gasteiger partial charge in [-0.1, -0.05) is 0 Å². The zero-order valence-corrected chi connectivity index (χ0v) is 7.92. The molecule has 0 aliphatic heterocycles. The molecule has 0 aromatic carbocycles. The SMILES string of the molecule is COC(=O)[CH]COOC(C)(C)C. The Morgan fingerprint density at radius 3 is 2.42 bits per heavy atom. The molecule has 0 N–H and O–H groups in total. The van der Waals surface area contributed by atoms with Crippen molar-refractivity contribution in [3.8, 4) is 0 Å². The summed E-state index contributed by atoms with van der Waals surface area (Å²) in [6.07, 6.45) is 1.26. The molecule has 0 amide bonds. The Bertz CT molecular complexity index is 136. The minimum absolute atomic E-state index is 0.101. The van der Waals surface area contributed by atoms with Crippen molar-refractivity contribution < 1.29 is 19.3 Å². The highest BCUT2D eigenvalue weighted by atomic mass is 17.2. The number of hydrogen-bond acceptors (Lipinski definition) is 4. The Labute approximate surface area is 72.7 Å². The quantitative estimate of drug-likeness (QED) is 0.278. The first-order chi connectivity index (χ1) is 5.45. The number of carbonyl (C=O) groups is 1. The Morgan fingerprint density at radius 1 is 1.42 bits per heavy atom. The number of ether oxygens (including phenoxy) is 1. The van der Waals surface area contributed by atoms with Crippen molar-refractivity contribution >= 4 is 5.97 Å². The second-order valence-corrected chi connectivity index (χ2v) is 3.21.